The Morgan fingerprint density at radius 3 is 2.37 bits per heavy atom. The van der Waals surface area contributed by atoms with Gasteiger partial charge in [0.1, 0.15) is 5.82 Å². The molecule has 1 aromatic carbocycles. The largest absolute Gasteiger partial charge is 0.309 e. The third-order valence-electron chi connectivity index (χ3n) is 4.13. The Bertz CT molecular complexity index is 915. The highest BCUT2D eigenvalue weighted by atomic mass is 16.2. The van der Waals surface area contributed by atoms with E-state index in [1.54, 1.807) is 10.7 Å². The number of anilines is 1. The summed E-state index contributed by atoms with van der Waals surface area (Å²) in [6.45, 7) is 7.89. The van der Waals surface area contributed by atoms with Crippen molar-refractivity contribution in [2.45, 2.75) is 33.7 Å². The fraction of sp³-hybridized carbons (Fsp3) is 0.300. The first-order chi connectivity index (χ1) is 12.9. The normalized spacial score (nSPS) is 12.0. The van der Waals surface area contributed by atoms with Crippen molar-refractivity contribution in [1.82, 2.24) is 25.1 Å². The van der Waals surface area contributed by atoms with E-state index >= 15 is 0 Å². The van der Waals surface area contributed by atoms with Crippen molar-refractivity contribution in [2.24, 2.45) is 0 Å². The van der Waals surface area contributed by atoms with Crippen LogP contribution in [0.25, 0.3) is 5.95 Å². The Balaban J connectivity index is 1.69. The SMILES string of the molecule is Cc1cc(C)nc(-n2nc(C)cc2NC(=O)CN[C@@H](C)c2ccccc2)n1. The van der Waals surface area contributed by atoms with E-state index in [0.29, 0.717) is 11.8 Å². The van der Waals surface area contributed by atoms with Crippen molar-refractivity contribution in [3.63, 3.8) is 0 Å². The Morgan fingerprint density at radius 2 is 1.70 bits per heavy atom. The molecule has 7 heteroatoms. The molecule has 0 fully saturated rings. The Labute approximate surface area is 158 Å². The van der Waals surface area contributed by atoms with E-state index in [-0.39, 0.29) is 18.5 Å². The minimum Gasteiger partial charge on any atom is -0.309 e. The molecular weight excluding hydrogens is 340 g/mol. The van der Waals surface area contributed by atoms with Gasteiger partial charge in [0.15, 0.2) is 0 Å². The van der Waals surface area contributed by atoms with Crippen molar-refractivity contribution in [2.75, 3.05) is 11.9 Å². The number of nitrogens with zero attached hydrogens (tertiary/aromatic N) is 4. The second kappa shape index (κ2) is 8.09. The summed E-state index contributed by atoms with van der Waals surface area (Å²) in [5.41, 5.74) is 3.61. The summed E-state index contributed by atoms with van der Waals surface area (Å²) in [7, 11) is 0. The van der Waals surface area contributed by atoms with Gasteiger partial charge in [-0.3, -0.25) is 4.79 Å². The fourth-order valence-corrected chi connectivity index (χ4v) is 2.84. The molecule has 2 aromatic heterocycles. The van der Waals surface area contributed by atoms with E-state index < -0.39 is 0 Å². The molecule has 0 spiro atoms. The first kappa shape index (κ1) is 18.7. The van der Waals surface area contributed by atoms with E-state index in [1.165, 1.54) is 0 Å². The Kier molecular flexibility index (Phi) is 5.61. The maximum atomic E-state index is 12.4. The highest BCUT2D eigenvalue weighted by molar-refractivity contribution is 5.91. The number of hydrogen-bond acceptors (Lipinski definition) is 5. The number of amides is 1. The van der Waals surface area contributed by atoms with Crippen LogP contribution in [0.15, 0.2) is 42.5 Å². The lowest BCUT2D eigenvalue weighted by Gasteiger charge is -2.14. The van der Waals surface area contributed by atoms with Gasteiger partial charge in [0.25, 0.3) is 5.95 Å². The van der Waals surface area contributed by atoms with Gasteiger partial charge in [-0.05, 0) is 39.3 Å². The maximum absolute atomic E-state index is 12.4. The van der Waals surface area contributed by atoms with Crippen LogP contribution in [-0.4, -0.2) is 32.2 Å². The van der Waals surface area contributed by atoms with Crippen LogP contribution in [0.4, 0.5) is 5.82 Å². The van der Waals surface area contributed by atoms with Gasteiger partial charge in [0, 0.05) is 23.5 Å². The number of carbonyl (C=O) groups excluding carboxylic acids is 1. The number of aryl methyl sites for hydroxylation is 3. The minimum atomic E-state index is -0.150. The average Bonchev–Trinajstić information content (AvgIpc) is 3.00. The standard InChI is InChI=1S/C20H24N6O/c1-13-10-14(2)23-20(22-13)26-18(11-15(3)25-26)24-19(27)12-21-16(4)17-8-6-5-7-9-17/h5-11,16,21H,12H2,1-4H3,(H,24,27)/t16-/m0/s1. The van der Waals surface area contributed by atoms with Crippen LogP contribution in [-0.2, 0) is 4.79 Å². The van der Waals surface area contributed by atoms with Gasteiger partial charge >= 0.3 is 0 Å². The number of benzene rings is 1. The molecular formula is C20H24N6O. The fourth-order valence-electron chi connectivity index (χ4n) is 2.84. The molecule has 2 N–H and O–H groups in total. The number of rotatable bonds is 6. The van der Waals surface area contributed by atoms with Crippen LogP contribution in [0.1, 0.15) is 35.6 Å². The van der Waals surface area contributed by atoms with E-state index in [4.69, 9.17) is 0 Å². The maximum Gasteiger partial charge on any atom is 0.252 e. The molecule has 1 atom stereocenters. The molecule has 27 heavy (non-hydrogen) atoms. The van der Waals surface area contributed by atoms with Crippen molar-refractivity contribution in [1.29, 1.82) is 0 Å². The summed E-state index contributed by atoms with van der Waals surface area (Å²) in [5.74, 6) is 0.849. The van der Waals surface area contributed by atoms with E-state index in [1.807, 2.05) is 64.1 Å². The van der Waals surface area contributed by atoms with E-state index in [2.05, 4.69) is 25.7 Å². The molecule has 140 valence electrons. The first-order valence-corrected chi connectivity index (χ1v) is 8.90. The summed E-state index contributed by atoms with van der Waals surface area (Å²) in [6, 6.07) is 13.8. The Morgan fingerprint density at radius 1 is 1.04 bits per heavy atom. The van der Waals surface area contributed by atoms with Crippen LogP contribution in [0.2, 0.25) is 0 Å². The molecule has 0 bridgehead atoms. The lowest BCUT2D eigenvalue weighted by molar-refractivity contribution is -0.115. The van der Waals surface area contributed by atoms with Crippen molar-refractivity contribution >= 4 is 11.7 Å². The monoisotopic (exact) mass is 364 g/mol. The number of carbonyl (C=O) groups is 1. The van der Waals surface area contributed by atoms with Crippen LogP contribution in [0.3, 0.4) is 0 Å². The smallest absolute Gasteiger partial charge is 0.252 e. The molecule has 0 saturated carbocycles. The predicted octanol–water partition coefficient (Wildman–Crippen LogP) is 2.88. The second-order valence-electron chi connectivity index (χ2n) is 6.59. The Hall–Kier alpha value is -3.06. The third-order valence-corrected chi connectivity index (χ3v) is 4.13. The summed E-state index contributed by atoms with van der Waals surface area (Å²) < 4.78 is 1.56. The zero-order valence-corrected chi connectivity index (χ0v) is 16.0. The topological polar surface area (TPSA) is 84.7 Å². The van der Waals surface area contributed by atoms with Crippen molar-refractivity contribution in [3.05, 3.63) is 65.1 Å². The zero-order chi connectivity index (χ0) is 19.4. The van der Waals surface area contributed by atoms with Crippen LogP contribution in [0, 0.1) is 20.8 Å². The number of nitrogens with one attached hydrogen (secondary N) is 2. The third kappa shape index (κ3) is 4.77. The number of hydrogen-bond donors (Lipinski definition) is 2. The summed E-state index contributed by atoms with van der Waals surface area (Å²) in [6.07, 6.45) is 0. The molecule has 2 heterocycles. The molecule has 1 amide bonds. The molecule has 3 aromatic rings. The van der Waals surface area contributed by atoms with Crippen molar-refractivity contribution in [3.8, 4) is 5.95 Å². The van der Waals surface area contributed by atoms with Gasteiger partial charge in [-0.25, -0.2) is 9.97 Å². The van der Waals surface area contributed by atoms with E-state index in [9.17, 15) is 4.79 Å². The lowest BCUT2D eigenvalue weighted by atomic mass is 10.1. The van der Waals surface area contributed by atoms with Gasteiger partial charge < -0.3 is 10.6 Å². The van der Waals surface area contributed by atoms with Gasteiger partial charge in [0.2, 0.25) is 5.91 Å². The molecule has 0 aliphatic rings. The lowest BCUT2D eigenvalue weighted by Crippen LogP contribution is -2.30. The molecule has 0 aliphatic carbocycles. The van der Waals surface area contributed by atoms with Crippen LogP contribution in [0.5, 0.6) is 0 Å². The first-order valence-electron chi connectivity index (χ1n) is 8.90. The highest BCUT2D eigenvalue weighted by Gasteiger charge is 2.14. The van der Waals surface area contributed by atoms with Crippen LogP contribution >= 0.6 is 0 Å². The summed E-state index contributed by atoms with van der Waals surface area (Å²) in [5, 5.41) is 10.5. The molecule has 0 unspecified atom stereocenters. The second-order valence-corrected chi connectivity index (χ2v) is 6.59. The van der Waals surface area contributed by atoms with Crippen molar-refractivity contribution < 1.29 is 4.79 Å². The minimum absolute atomic E-state index is 0.0753. The average molecular weight is 364 g/mol. The molecule has 7 nitrogen and oxygen atoms in total. The van der Waals surface area contributed by atoms with Crippen LogP contribution < -0.4 is 10.6 Å². The zero-order valence-electron chi connectivity index (χ0n) is 16.0. The van der Waals surface area contributed by atoms with Gasteiger partial charge in [-0.15, -0.1) is 0 Å². The quantitative estimate of drug-likeness (QED) is 0.702. The molecule has 0 aliphatic heterocycles. The van der Waals surface area contributed by atoms with E-state index in [0.717, 1.165) is 22.6 Å². The predicted molar refractivity (Wildman–Crippen MR) is 105 cm³/mol. The summed E-state index contributed by atoms with van der Waals surface area (Å²) >= 11 is 0. The molecule has 3 rings (SSSR count). The number of aromatic nitrogens is 4. The summed E-state index contributed by atoms with van der Waals surface area (Å²) in [4.78, 5) is 21.3. The van der Waals surface area contributed by atoms with Gasteiger partial charge in [-0.1, -0.05) is 30.3 Å². The molecule has 0 saturated heterocycles. The van der Waals surface area contributed by atoms with Gasteiger partial charge in [0.05, 0.1) is 12.2 Å². The van der Waals surface area contributed by atoms with Gasteiger partial charge in [-0.2, -0.15) is 9.78 Å². The highest BCUT2D eigenvalue weighted by Crippen LogP contribution is 2.15. The molecule has 0 radical (unpaired) electrons.